The second-order valence-electron chi connectivity index (χ2n) is 4.63. The Morgan fingerprint density at radius 3 is 2.94 bits per heavy atom. The van der Waals surface area contributed by atoms with Crippen molar-refractivity contribution in [1.82, 2.24) is 4.98 Å². The van der Waals surface area contributed by atoms with Gasteiger partial charge in [0.15, 0.2) is 0 Å². The van der Waals surface area contributed by atoms with Crippen molar-refractivity contribution in [2.45, 2.75) is 32.0 Å². The molecule has 2 rings (SSSR count). The zero-order valence-corrected chi connectivity index (χ0v) is 10.5. The average molecular weight is 236 g/mol. The van der Waals surface area contributed by atoms with Gasteiger partial charge in [0.1, 0.15) is 0 Å². The lowest BCUT2D eigenvalue weighted by atomic mass is 10.2. The van der Waals surface area contributed by atoms with Crippen LogP contribution in [0.15, 0.2) is 18.3 Å². The summed E-state index contributed by atoms with van der Waals surface area (Å²) in [6.45, 7) is 3.51. The van der Waals surface area contributed by atoms with Gasteiger partial charge in [-0.15, -0.1) is 0 Å². The lowest BCUT2D eigenvalue weighted by Crippen LogP contribution is -2.28. The van der Waals surface area contributed by atoms with Gasteiger partial charge in [0.2, 0.25) is 0 Å². The van der Waals surface area contributed by atoms with E-state index in [9.17, 15) is 5.11 Å². The third-order valence-electron chi connectivity index (χ3n) is 3.14. The molecule has 0 bridgehead atoms. The number of hydrogen-bond acceptors (Lipinski definition) is 4. The third kappa shape index (κ3) is 3.17. The van der Waals surface area contributed by atoms with Crippen LogP contribution in [0, 0.1) is 0 Å². The van der Waals surface area contributed by atoms with Crippen LogP contribution in [0.25, 0.3) is 0 Å². The Kier molecular flexibility index (Phi) is 3.97. The molecule has 2 atom stereocenters. The summed E-state index contributed by atoms with van der Waals surface area (Å²) in [5.74, 6) is 0. The fraction of sp³-hybridized carbons (Fsp3) is 0.615. The van der Waals surface area contributed by atoms with Crippen molar-refractivity contribution >= 4 is 5.69 Å². The highest BCUT2D eigenvalue weighted by atomic mass is 16.5. The van der Waals surface area contributed by atoms with Crippen LogP contribution in [0.2, 0.25) is 0 Å². The van der Waals surface area contributed by atoms with E-state index < -0.39 is 6.10 Å². The zero-order valence-electron chi connectivity index (χ0n) is 10.5. The van der Waals surface area contributed by atoms with Crippen LogP contribution in [-0.4, -0.2) is 36.4 Å². The summed E-state index contributed by atoms with van der Waals surface area (Å²) in [5.41, 5.74) is 1.77. The normalized spacial score (nSPS) is 21.5. The summed E-state index contributed by atoms with van der Waals surface area (Å²) < 4.78 is 5.60. The summed E-state index contributed by atoms with van der Waals surface area (Å²) in [7, 11) is 2.04. The average Bonchev–Trinajstić information content (AvgIpc) is 2.82. The zero-order chi connectivity index (χ0) is 12.3. The largest absolute Gasteiger partial charge is 0.387 e. The molecule has 1 aromatic heterocycles. The maximum Gasteiger partial charge on any atom is 0.0931 e. The first-order valence-corrected chi connectivity index (χ1v) is 6.13. The molecule has 0 saturated carbocycles. The molecule has 94 valence electrons. The fourth-order valence-electron chi connectivity index (χ4n) is 2.07. The van der Waals surface area contributed by atoms with Crippen molar-refractivity contribution in [3.05, 3.63) is 24.0 Å². The first-order valence-electron chi connectivity index (χ1n) is 6.13. The molecule has 1 aliphatic heterocycles. The number of aliphatic hydroxyl groups excluding tert-OH is 1. The van der Waals surface area contributed by atoms with Crippen molar-refractivity contribution in [1.29, 1.82) is 0 Å². The minimum absolute atomic E-state index is 0.344. The number of likely N-dealkylation sites (N-methyl/N-ethyl adjacent to an activating group) is 1. The van der Waals surface area contributed by atoms with Gasteiger partial charge in [0, 0.05) is 20.2 Å². The second kappa shape index (κ2) is 5.47. The van der Waals surface area contributed by atoms with E-state index in [1.54, 1.807) is 13.1 Å². The molecule has 0 aromatic carbocycles. The summed E-state index contributed by atoms with van der Waals surface area (Å²) in [6.07, 6.45) is 3.95. The molecule has 4 heteroatoms. The van der Waals surface area contributed by atoms with Gasteiger partial charge in [-0.25, -0.2) is 0 Å². The molecule has 4 nitrogen and oxygen atoms in total. The van der Waals surface area contributed by atoms with E-state index in [0.717, 1.165) is 31.7 Å². The van der Waals surface area contributed by atoms with Crippen molar-refractivity contribution in [2.75, 3.05) is 25.1 Å². The van der Waals surface area contributed by atoms with E-state index in [-0.39, 0.29) is 0 Å². The van der Waals surface area contributed by atoms with E-state index >= 15 is 0 Å². The number of aromatic nitrogens is 1. The number of nitrogens with zero attached hydrogens (tertiary/aromatic N) is 2. The van der Waals surface area contributed by atoms with Gasteiger partial charge in [-0.05, 0) is 31.9 Å². The summed E-state index contributed by atoms with van der Waals surface area (Å²) in [6, 6.07) is 3.86. The van der Waals surface area contributed by atoms with Crippen molar-refractivity contribution < 1.29 is 9.84 Å². The topological polar surface area (TPSA) is 45.6 Å². The summed E-state index contributed by atoms with van der Waals surface area (Å²) in [4.78, 5) is 6.39. The van der Waals surface area contributed by atoms with Crippen LogP contribution >= 0.6 is 0 Å². The number of rotatable bonds is 4. The number of hydrogen-bond donors (Lipinski definition) is 1. The Labute approximate surface area is 102 Å². The van der Waals surface area contributed by atoms with Crippen LogP contribution in [0.3, 0.4) is 0 Å². The number of ether oxygens (including phenoxy) is 1. The van der Waals surface area contributed by atoms with Crippen LogP contribution in [-0.2, 0) is 4.74 Å². The van der Waals surface area contributed by atoms with E-state index in [0.29, 0.717) is 11.8 Å². The van der Waals surface area contributed by atoms with E-state index in [2.05, 4.69) is 9.88 Å². The van der Waals surface area contributed by atoms with Gasteiger partial charge in [-0.3, -0.25) is 4.98 Å². The second-order valence-corrected chi connectivity index (χ2v) is 4.63. The van der Waals surface area contributed by atoms with Crippen LogP contribution in [0.4, 0.5) is 5.69 Å². The first-order chi connectivity index (χ1) is 8.16. The Morgan fingerprint density at radius 2 is 2.41 bits per heavy atom. The van der Waals surface area contributed by atoms with Gasteiger partial charge in [0.25, 0.3) is 0 Å². The molecule has 1 aromatic rings. The molecule has 1 unspecified atom stereocenters. The molecule has 0 aliphatic carbocycles. The Balaban J connectivity index is 1.96. The number of anilines is 1. The molecule has 0 radical (unpaired) electrons. The molecule has 0 amide bonds. The molecular weight excluding hydrogens is 216 g/mol. The van der Waals surface area contributed by atoms with Crippen LogP contribution < -0.4 is 4.90 Å². The molecule has 1 fully saturated rings. The first kappa shape index (κ1) is 12.3. The summed E-state index contributed by atoms with van der Waals surface area (Å²) in [5, 5.41) is 9.39. The molecule has 1 saturated heterocycles. The molecule has 0 spiro atoms. The van der Waals surface area contributed by atoms with Gasteiger partial charge >= 0.3 is 0 Å². The fourth-order valence-corrected chi connectivity index (χ4v) is 2.07. The Hall–Kier alpha value is -1.13. The molecule has 17 heavy (non-hydrogen) atoms. The SMILES string of the molecule is C[C@H](O)c1ccc(N(C)CC2CCCO2)cn1. The quantitative estimate of drug-likeness (QED) is 0.865. The predicted molar refractivity (Wildman–Crippen MR) is 67.1 cm³/mol. The van der Waals surface area contributed by atoms with Crippen LogP contribution in [0.5, 0.6) is 0 Å². The maximum absolute atomic E-state index is 9.39. The van der Waals surface area contributed by atoms with Crippen molar-refractivity contribution in [3.63, 3.8) is 0 Å². The van der Waals surface area contributed by atoms with Crippen molar-refractivity contribution in [3.8, 4) is 0 Å². The maximum atomic E-state index is 9.39. The van der Waals surface area contributed by atoms with Gasteiger partial charge in [-0.2, -0.15) is 0 Å². The van der Waals surface area contributed by atoms with E-state index in [4.69, 9.17) is 4.74 Å². The highest BCUT2D eigenvalue weighted by Crippen LogP contribution is 2.18. The summed E-state index contributed by atoms with van der Waals surface area (Å²) >= 11 is 0. The lowest BCUT2D eigenvalue weighted by Gasteiger charge is -2.22. The molecular formula is C13H20N2O2. The lowest BCUT2D eigenvalue weighted by molar-refractivity contribution is 0.116. The van der Waals surface area contributed by atoms with Gasteiger partial charge in [-0.1, -0.05) is 0 Å². The highest BCUT2D eigenvalue weighted by Gasteiger charge is 2.17. The molecule has 1 aliphatic rings. The van der Waals surface area contributed by atoms with Gasteiger partial charge in [0.05, 0.1) is 29.8 Å². The Morgan fingerprint density at radius 1 is 1.59 bits per heavy atom. The number of pyridine rings is 1. The smallest absolute Gasteiger partial charge is 0.0931 e. The molecule has 1 N–H and O–H groups in total. The van der Waals surface area contributed by atoms with Crippen LogP contribution in [0.1, 0.15) is 31.6 Å². The minimum atomic E-state index is -0.507. The standard InChI is InChI=1S/C13H20N2O2/c1-10(16)13-6-5-11(8-14-13)15(2)9-12-4-3-7-17-12/h5-6,8,10,12,16H,3-4,7,9H2,1-2H3/t10-,12?/m0/s1. The minimum Gasteiger partial charge on any atom is -0.387 e. The van der Waals surface area contributed by atoms with E-state index in [1.807, 2.05) is 19.2 Å². The van der Waals surface area contributed by atoms with Crippen molar-refractivity contribution in [2.24, 2.45) is 0 Å². The molecule has 2 heterocycles. The predicted octanol–water partition coefficient (Wildman–Crippen LogP) is 1.75. The Bertz CT molecular complexity index is 345. The third-order valence-corrected chi connectivity index (χ3v) is 3.14. The monoisotopic (exact) mass is 236 g/mol. The van der Waals surface area contributed by atoms with Gasteiger partial charge < -0.3 is 14.7 Å². The highest BCUT2D eigenvalue weighted by molar-refractivity contribution is 5.43. The number of aliphatic hydroxyl groups is 1. The van der Waals surface area contributed by atoms with E-state index in [1.165, 1.54) is 0 Å².